The Bertz CT molecular complexity index is 3470. The maximum atomic E-state index is 8.68. The number of fused-ring (bicyclic) bond motifs is 7. The van der Waals surface area contributed by atoms with Gasteiger partial charge >= 0.3 is 0 Å². The lowest BCUT2D eigenvalue weighted by atomic mass is 9.83. The van der Waals surface area contributed by atoms with E-state index in [-0.39, 0.29) is 5.82 Å². The van der Waals surface area contributed by atoms with Crippen LogP contribution >= 0.6 is 11.3 Å². The van der Waals surface area contributed by atoms with Crippen molar-refractivity contribution in [3.05, 3.63) is 182 Å². The molecule has 0 fully saturated rings. The first kappa shape index (κ1) is 26.3. The summed E-state index contributed by atoms with van der Waals surface area (Å²) in [6.07, 6.45) is -2.68. The zero-order chi connectivity index (χ0) is 40.0. The molecule has 0 aliphatic carbocycles. The number of imidazole rings is 1. The van der Waals surface area contributed by atoms with Gasteiger partial charge in [-0.2, -0.15) is 0 Å². The number of aromatic nitrogens is 2. The summed E-state index contributed by atoms with van der Waals surface area (Å²) in [5.74, 6) is -0.145. The maximum absolute atomic E-state index is 8.68. The van der Waals surface area contributed by atoms with Gasteiger partial charge in [0, 0.05) is 39.1 Å². The predicted molar refractivity (Wildman–Crippen MR) is 232 cm³/mol. The largest absolute Gasteiger partial charge is 0.296 e. The summed E-state index contributed by atoms with van der Waals surface area (Å²) in [5, 5.41) is 9.18. The highest BCUT2D eigenvalue weighted by atomic mass is 32.1. The van der Waals surface area contributed by atoms with E-state index in [0.717, 1.165) is 43.8 Å². The van der Waals surface area contributed by atoms with E-state index in [1.54, 1.807) is 10.6 Å². The van der Waals surface area contributed by atoms with Crippen LogP contribution in [0.5, 0.6) is 0 Å². The molecule has 11 aromatic rings. The first-order valence-electron chi connectivity index (χ1n) is 20.6. The summed E-state index contributed by atoms with van der Waals surface area (Å²) < 4.78 is 45.7. The average molecular weight is 712 g/mol. The molecule has 2 nitrogen and oxygen atoms in total. The van der Waals surface area contributed by atoms with Crippen LogP contribution in [0.3, 0.4) is 0 Å². The second-order valence-corrected chi connectivity index (χ2v) is 14.9. The molecule has 0 saturated heterocycles. The molecule has 0 atom stereocenters. The molecule has 0 N–H and O–H groups in total. The lowest BCUT2D eigenvalue weighted by Crippen LogP contribution is -2.00. The predicted octanol–water partition coefficient (Wildman–Crippen LogP) is 14.4. The van der Waals surface area contributed by atoms with Crippen LogP contribution in [-0.2, 0) is 6.37 Å². The summed E-state index contributed by atoms with van der Waals surface area (Å²) >= 11 is 1.84. The standard InChI is InChI=1S/C51H34N2S/c1-2-48-52-44-19-9-10-20-45(44)53(48)37-27-25-33-29-36(24-23-34(33)30-37)49-38-15-6-7-16-39(38)50(43-31-35(26-28-40(43)49)32-13-4-3-5-14-32)42-18-12-22-47-51(42)41-17-8-11-21-46(41)54-47/h3-31H,2H2,1H3/i1D3,2D2. The van der Waals surface area contributed by atoms with Crippen molar-refractivity contribution in [2.75, 3.05) is 0 Å². The molecule has 0 aliphatic heterocycles. The minimum absolute atomic E-state index is 0.145. The fourth-order valence-electron chi connectivity index (χ4n) is 8.47. The fourth-order valence-corrected chi connectivity index (χ4v) is 9.60. The third kappa shape index (κ3) is 4.75. The van der Waals surface area contributed by atoms with Crippen molar-refractivity contribution in [1.29, 1.82) is 0 Å². The molecule has 54 heavy (non-hydrogen) atoms. The van der Waals surface area contributed by atoms with Gasteiger partial charge in [0.05, 0.1) is 11.0 Å². The van der Waals surface area contributed by atoms with Crippen LogP contribution in [0.2, 0.25) is 0 Å². The number of benzene rings is 9. The van der Waals surface area contributed by atoms with E-state index >= 15 is 0 Å². The molecular formula is C51H34N2S. The normalized spacial score (nSPS) is 13.7. The number of rotatable bonds is 5. The lowest BCUT2D eigenvalue weighted by Gasteiger charge is -2.20. The topological polar surface area (TPSA) is 17.8 Å². The number of nitrogens with zero attached hydrogens (tertiary/aromatic N) is 2. The van der Waals surface area contributed by atoms with Crippen LogP contribution in [0, 0.1) is 0 Å². The first-order chi connectivity index (χ1) is 28.7. The van der Waals surface area contributed by atoms with E-state index in [4.69, 9.17) is 6.85 Å². The fraction of sp³-hybridized carbons (Fsp3) is 0.0392. The Hall–Kier alpha value is -6.55. The van der Waals surface area contributed by atoms with Crippen LogP contribution < -0.4 is 0 Å². The third-order valence-electron chi connectivity index (χ3n) is 10.8. The first-order valence-corrected chi connectivity index (χ1v) is 18.9. The van der Waals surface area contributed by atoms with Crippen LogP contribution in [0.15, 0.2) is 176 Å². The number of hydrogen-bond acceptors (Lipinski definition) is 2. The Morgan fingerprint density at radius 2 is 1.24 bits per heavy atom. The van der Waals surface area contributed by atoms with Crippen molar-refractivity contribution in [3.8, 4) is 39.1 Å². The van der Waals surface area contributed by atoms with Crippen molar-refractivity contribution < 1.29 is 6.85 Å². The quantitative estimate of drug-likeness (QED) is 0.163. The molecule has 0 radical (unpaired) electrons. The van der Waals surface area contributed by atoms with Crippen molar-refractivity contribution in [2.45, 2.75) is 13.2 Å². The Kier molecular flexibility index (Phi) is 5.96. The molecule has 3 heteroatoms. The molecule has 0 amide bonds. The van der Waals surface area contributed by atoms with Crippen molar-refractivity contribution in [2.24, 2.45) is 0 Å². The van der Waals surface area contributed by atoms with Crippen LogP contribution in [0.1, 0.15) is 19.5 Å². The number of para-hydroxylation sites is 2. The van der Waals surface area contributed by atoms with E-state index in [1.807, 2.05) is 47.7 Å². The van der Waals surface area contributed by atoms with Gasteiger partial charge in [-0.1, -0.05) is 134 Å². The van der Waals surface area contributed by atoms with E-state index in [9.17, 15) is 0 Å². The van der Waals surface area contributed by atoms with Crippen LogP contribution in [0.25, 0.3) is 103 Å². The monoisotopic (exact) mass is 711 g/mol. The third-order valence-corrected chi connectivity index (χ3v) is 12.0. The molecule has 11 rings (SSSR count). The van der Waals surface area contributed by atoms with Gasteiger partial charge < -0.3 is 0 Å². The van der Waals surface area contributed by atoms with Gasteiger partial charge in [-0.25, -0.2) is 4.98 Å². The molecule has 0 unspecified atom stereocenters. The van der Waals surface area contributed by atoms with Gasteiger partial charge in [0.1, 0.15) is 5.82 Å². The Morgan fingerprint density at radius 3 is 2.13 bits per heavy atom. The van der Waals surface area contributed by atoms with Crippen LogP contribution in [0.4, 0.5) is 0 Å². The van der Waals surface area contributed by atoms with Gasteiger partial charge in [0.15, 0.2) is 0 Å². The Labute approximate surface area is 324 Å². The highest BCUT2D eigenvalue weighted by molar-refractivity contribution is 7.25. The second kappa shape index (κ2) is 12.3. The SMILES string of the molecule is [2H]C([2H])([2H])C([2H])([2H])c1nc2ccccc2n1-c1ccc2cc(-c3c4ccccc4c(-c4cccc5sc6ccccc6c45)c4cc(-c5ccccc5)ccc34)ccc2c1. The molecule has 2 heterocycles. The average Bonchev–Trinajstić information content (AvgIpc) is 3.85. The Morgan fingerprint density at radius 1 is 0.537 bits per heavy atom. The summed E-state index contributed by atoms with van der Waals surface area (Å²) in [7, 11) is 0. The van der Waals surface area contributed by atoms with Crippen molar-refractivity contribution >= 4 is 74.9 Å². The molecule has 0 spiro atoms. The molecule has 0 aliphatic rings. The van der Waals surface area contributed by atoms with Crippen molar-refractivity contribution in [1.82, 2.24) is 9.55 Å². The minimum Gasteiger partial charge on any atom is -0.296 e. The van der Waals surface area contributed by atoms with Gasteiger partial charge in [-0.05, 0) is 114 Å². The molecular weight excluding hydrogens is 673 g/mol. The van der Waals surface area contributed by atoms with Crippen LogP contribution in [-0.4, -0.2) is 9.55 Å². The van der Waals surface area contributed by atoms with Gasteiger partial charge in [-0.15, -0.1) is 11.3 Å². The summed E-state index contributed by atoms with van der Waals surface area (Å²) in [6, 6.07) is 61.4. The van der Waals surface area contributed by atoms with Gasteiger partial charge in [0.2, 0.25) is 0 Å². The highest BCUT2D eigenvalue weighted by Crippen LogP contribution is 2.49. The zero-order valence-corrected chi connectivity index (χ0v) is 29.9. The van der Waals surface area contributed by atoms with Gasteiger partial charge in [0.25, 0.3) is 0 Å². The van der Waals surface area contributed by atoms with E-state index in [0.29, 0.717) is 16.7 Å². The van der Waals surface area contributed by atoms with E-state index < -0.39 is 13.2 Å². The number of hydrogen-bond donors (Lipinski definition) is 0. The molecule has 0 bridgehead atoms. The molecule has 0 saturated carbocycles. The maximum Gasteiger partial charge on any atom is 0.114 e. The zero-order valence-electron chi connectivity index (χ0n) is 34.0. The molecule has 9 aromatic carbocycles. The highest BCUT2D eigenvalue weighted by Gasteiger charge is 2.21. The number of thiophene rings is 1. The smallest absolute Gasteiger partial charge is 0.114 e. The second-order valence-electron chi connectivity index (χ2n) is 13.8. The molecule has 2 aromatic heterocycles. The summed E-state index contributed by atoms with van der Waals surface area (Å²) in [6.45, 7) is -2.91. The summed E-state index contributed by atoms with van der Waals surface area (Å²) in [4.78, 5) is 4.53. The Balaban J connectivity index is 1.15. The lowest BCUT2D eigenvalue weighted by molar-refractivity contribution is 0.909. The van der Waals surface area contributed by atoms with E-state index in [1.165, 1.54) is 42.1 Å². The molecule has 254 valence electrons. The van der Waals surface area contributed by atoms with Gasteiger partial charge in [-0.3, -0.25) is 4.57 Å². The van der Waals surface area contributed by atoms with Crippen molar-refractivity contribution in [3.63, 3.8) is 0 Å². The number of aryl methyl sites for hydroxylation is 1. The minimum atomic E-state index is -2.91. The summed E-state index contributed by atoms with van der Waals surface area (Å²) in [5.41, 5.74) is 8.82. The van der Waals surface area contributed by atoms with E-state index in [2.05, 4.69) is 138 Å².